The van der Waals surface area contributed by atoms with E-state index in [1.807, 2.05) is 11.6 Å². The molecule has 0 fully saturated rings. The zero-order valence-electron chi connectivity index (χ0n) is 8.92. The summed E-state index contributed by atoms with van der Waals surface area (Å²) < 4.78 is 1.87. The molecule has 5 nitrogen and oxygen atoms in total. The largest absolute Gasteiger partial charge is 0.346 e. The van der Waals surface area contributed by atoms with Gasteiger partial charge in [-0.05, 0) is 12.1 Å². The van der Waals surface area contributed by atoms with Gasteiger partial charge in [0.05, 0.1) is 18.6 Å². The first-order chi connectivity index (χ1) is 7.77. The van der Waals surface area contributed by atoms with Crippen LogP contribution in [0.4, 0.5) is 0 Å². The maximum atomic E-state index is 11.7. The molecule has 0 bridgehead atoms. The lowest BCUT2D eigenvalue weighted by Crippen LogP contribution is -2.23. The smallest absolute Gasteiger partial charge is 0.251 e. The van der Waals surface area contributed by atoms with Crippen molar-refractivity contribution in [3.05, 3.63) is 48.3 Å². The highest BCUT2D eigenvalue weighted by Gasteiger charge is 2.05. The Morgan fingerprint density at radius 1 is 1.38 bits per heavy atom. The van der Waals surface area contributed by atoms with Crippen molar-refractivity contribution in [2.24, 2.45) is 7.05 Å². The van der Waals surface area contributed by atoms with Crippen LogP contribution >= 0.6 is 0 Å². The first-order valence-electron chi connectivity index (χ1n) is 4.91. The van der Waals surface area contributed by atoms with Crippen LogP contribution in [0.3, 0.4) is 0 Å². The molecule has 0 aliphatic heterocycles. The number of pyridine rings is 1. The molecule has 1 N–H and O–H groups in total. The summed E-state index contributed by atoms with van der Waals surface area (Å²) in [5.74, 6) is -0.108. The fourth-order valence-electron chi connectivity index (χ4n) is 1.33. The minimum absolute atomic E-state index is 0.108. The third-order valence-corrected chi connectivity index (χ3v) is 2.29. The number of amides is 1. The van der Waals surface area contributed by atoms with Crippen molar-refractivity contribution in [3.63, 3.8) is 0 Å². The Bertz CT molecular complexity index is 478. The SMILES string of the molecule is Cn1cncc1CNC(=O)c1ccncc1. The molecule has 0 saturated heterocycles. The van der Waals surface area contributed by atoms with Crippen LogP contribution in [0.1, 0.15) is 16.1 Å². The maximum absolute atomic E-state index is 11.7. The van der Waals surface area contributed by atoms with Crippen molar-refractivity contribution in [1.82, 2.24) is 19.9 Å². The molecule has 0 saturated carbocycles. The van der Waals surface area contributed by atoms with Crippen LogP contribution in [0.15, 0.2) is 37.1 Å². The number of imidazole rings is 1. The zero-order valence-corrected chi connectivity index (χ0v) is 8.92. The van der Waals surface area contributed by atoms with Gasteiger partial charge in [0.25, 0.3) is 5.91 Å². The predicted octanol–water partition coefficient (Wildman–Crippen LogP) is 0.745. The first kappa shape index (κ1) is 10.4. The molecule has 2 rings (SSSR count). The summed E-state index contributed by atoms with van der Waals surface area (Å²) in [5, 5.41) is 2.81. The van der Waals surface area contributed by atoms with Crippen molar-refractivity contribution in [2.45, 2.75) is 6.54 Å². The average molecular weight is 216 g/mol. The van der Waals surface area contributed by atoms with Gasteiger partial charge in [0, 0.05) is 31.2 Å². The summed E-state index contributed by atoms with van der Waals surface area (Å²) in [5.41, 5.74) is 1.57. The molecule has 0 radical (unpaired) electrons. The highest BCUT2D eigenvalue weighted by Crippen LogP contribution is 1.99. The second kappa shape index (κ2) is 4.57. The molecule has 16 heavy (non-hydrogen) atoms. The molecule has 82 valence electrons. The molecule has 0 unspecified atom stereocenters. The fourth-order valence-corrected chi connectivity index (χ4v) is 1.33. The van der Waals surface area contributed by atoms with Crippen LogP contribution in [0.5, 0.6) is 0 Å². The number of carbonyl (C=O) groups excluding carboxylic acids is 1. The lowest BCUT2D eigenvalue weighted by atomic mass is 10.2. The summed E-state index contributed by atoms with van der Waals surface area (Å²) in [6.45, 7) is 0.470. The molecule has 2 aromatic heterocycles. The molecular weight excluding hydrogens is 204 g/mol. The van der Waals surface area contributed by atoms with Gasteiger partial charge in [-0.3, -0.25) is 9.78 Å². The van der Waals surface area contributed by atoms with E-state index in [-0.39, 0.29) is 5.91 Å². The van der Waals surface area contributed by atoms with Crippen LogP contribution < -0.4 is 5.32 Å². The van der Waals surface area contributed by atoms with E-state index < -0.39 is 0 Å². The number of hydrogen-bond acceptors (Lipinski definition) is 3. The molecular formula is C11H12N4O. The molecule has 0 atom stereocenters. The molecule has 2 heterocycles. The summed E-state index contributed by atoms with van der Waals surface area (Å²) in [6, 6.07) is 3.36. The quantitative estimate of drug-likeness (QED) is 0.823. The van der Waals surface area contributed by atoms with Crippen LogP contribution in [0.2, 0.25) is 0 Å². The van der Waals surface area contributed by atoms with E-state index in [1.165, 1.54) is 0 Å². The topological polar surface area (TPSA) is 59.8 Å². The predicted molar refractivity (Wildman–Crippen MR) is 58.6 cm³/mol. The highest BCUT2D eigenvalue weighted by atomic mass is 16.1. The minimum Gasteiger partial charge on any atom is -0.346 e. The van der Waals surface area contributed by atoms with E-state index in [0.717, 1.165) is 5.69 Å². The van der Waals surface area contributed by atoms with E-state index in [2.05, 4.69) is 15.3 Å². The van der Waals surface area contributed by atoms with Crippen molar-refractivity contribution >= 4 is 5.91 Å². The Hall–Kier alpha value is -2.17. The Morgan fingerprint density at radius 3 is 2.75 bits per heavy atom. The van der Waals surface area contributed by atoms with Gasteiger partial charge in [-0.15, -0.1) is 0 Å². The number of hydrogen-bond donors (Lipinski definition) is 1. The summed E-state index contributed by atoms with van der Waals surface area (Å²) in [6.07, 6.45) is 6.62. The van der Waals surface area contributed by atoms with E-state index in [4.69, 9.17) is 0 Å². The normalized spacial score (nSPS) is 10.1. The fraction of sp³-hybridized carbons (Fsp3) is 0.182. The summed E-state index contributed by atoms with van der Waals surface area (Å²) in [7, 11) is 1.89. The summed E-state index contributed by atoms with van der Waals surface area (Å²) >= 11 is 0. The van der Waals surface area contributed by atoms with Crippen LogP contribution in [-0.4, -0.2) is 20.4 Å². The van der Waals surface area contributed by atoms with Crippen LogP contribution in [-0.2, 0) is 13.6 Å². The molecule has 0 aromatic carbocycles. The van der Waals surface area contributed by atoms with Crippen LogP contribution in [0.25, 0.3) is 0 Å². The third kappa shape index (κ3) is 2.25. The standard InChI is InChI=1S/C11H12N4O/c1-15-8-13-6-10(15)7-14-11(16)9-2-4-12-5-3-9/h2-6,8H,7H2,1H3,(H,14,16). The van der Waals surface area contributed by atoms with Gasteiger partial charge in [0.15, 0.2) is 0 Å². The Kier molecular flexibility index (Phi) is 2.95. The molecule has 0 spiro atoms. The first-order valence-corrected chi connectivity index (χ1v) is 4.91. The molecule has 2 aromatic rings. The van der Waals surface area contributed by atoms with Crippen molar-refractivity contribution < 1.29 is 4.79 Å². The number of aromatic nitrogens is 3. The van der Waals surface area contributed by atoms with Gasteiger partial charge in [-0.1, -0.05) is 0 Å². The number of carbonyl (C=O) groups is 1. The van der Waals surface area contributed by atoms with Gasteiger partial charge in [-0.25, -0.2) is 4.98 Å². The molecule has 1 amide bonds. The van der Waals surface area contributed by atoms with Gasteiger partial charge in [0.2, 0.25) is 0 Å². The van der Waals surface area contributed by atoms with Crippen LogP contribution in [0, 0.1) is 0 Å². The zero-order chi connectivity index (χ0) is 11.4. The Balaban J connectivity index is 1.97. The lowest BCUT2D eigenvalue weighted by molar-refractivity contribution is 0.0950. The van der Waals surface area contributed by atoms with Gasteiger partial charge in [0.1, 0.15) is 0 Å². The van der Waals surface area contributed by atoms with Crippen molar-refractivity contribution in [3.8, 4) is 0 Å². The van der Waals surface area contributed by atoms with E-state index in [9.17, 15) is 4.79 Å². The van der Waals surface area contributed by atoms with Crippen molar-refractivity contribution in [1.29, 1.82) is 0 Å². The molecule has 0 aliphatic rings. The number of aryl methyl sites for hydroxylation is 1. The van der Waals surface area contributed by atoms with E-state index >= 15 is 0 Å². The number of rotatable bonds is 3. The minimum atomic E-state index is -0.108. The maximum Gasteiger partial charge on any atom is 0.251 e. The second-order valence-electron chi connectivity index (χ2n) is 3.41. The molecule has 0 aliphatic carbocycles. The summed E-state index contributed by atoms with van der Waals surface area (Å²) in [4.78, 5) is 19.5. The third-order valence-electron chi connectivity index (χ3n) is 2.29. The van der Waals surface area contributed by atoms with Crippen molar-refractivity contribution in [2.75, 3.05) is 0 Å². The monoisotopic (exact) mass is 216 g/mol. The van der Waals surface area contributed by atoms with Gasteiger partial charge < -0.3 is 9.88 Å². The number of nitrogens with zero attached hydrogens (tertiary/aromatic N) is 3. The lowest BCUT2D eigenvalue weighted by Gasteiger charge is -2.05. The van der Waals surface area contributed by atoms with Gasteiger partial charge in [-0.2, -0.15) is 0 Å². The highest BCUT2D eigenvalue weighted by molar-refractivity contribution is 5.93. The number of nitrogens with one attached hydrogen (secondary N) is 1. The molecule has 5 heteroatoms. The average Bonchev–Trinajstić information content (AvgIpc) is 2.73. The Labute approximate surface area is 93.2 Å². The van der Waals surface area contributed by atoms with E-state index in [0.29, 0.717) is 12.1 Å². The Morgan fingerprint density at radius 2 is 2.12 bits per heavy atom. The van der Waals surface area contributed by atoms with E-state index in [1.54, 1.807) is 37.1 Å². The second-order valence-corrected chi connectivity index (χ2v) is 3.41. The van der Waals surface area contributed by atoms with Gasteiger partial charge >= 0.3 is 0 Å².